The number of nitrogens with zero attached hydrogens (tertiary/aromatic N) is 3. The highest BCUT2D eigenvalue weighted by atomic mass is 32.1. The zero-order valence-electron chi connectivity index (χ0n) is 9.17. The van der Waals surface area contributed by atoms with Gasteiger partial charge in [-0.05, 0) is 24.1 Å². The fourth-order valence-corrected chi connectivity index (χ4v) is 1.79. The van der Waals surface area contributed by atoms with Crippen molar-refractivity contribution in [2.45, 2.75) is 13.5 Å². The van der Waals surface area contributed by atoms with Crippen molar-refractivity contribution in [2.75, 3.05) is 5.73 Å². The monoisotopic (exact) mass is 249 g/mol. The summed E-state index contributed by atoms with van der Waals surface area (Å²) in [5, 5.41) is 10.5. The van der Waals surface area contributed by atoms with Crippen molar-refractivity contribution in [2.24, 2.45) is 0 Å². The minimum atomic E-state index is -0.276. The number of nitrogens with two attached hydrogens (primary N) is 1. The van der Waals surface area contributed by atoms with Crippen molar-refractivity contribution in [1.82, 2.24) is 20.5 Å². The van der Waals surface area contributed by atoms with E-state index in [1.54, 1.807) is 12.4 Å². The van der Waals surface area contributed by atoms with E-state index in [1.807, 2.05) is 13.0 Å². The standard InChI is InChI=1S/C10H11N5OS/c1-6-2-3-12-4-7(6)5-13-8(16)9-14-15-10(11)17-9/h2-4H,5H2,1H3,(H2,11,15)(H,13,16). The van der Waals surface area contributed by atoms with Gasteiger partial charge in [0.25, 0.3) is 5.91 Å². The Bertz CT molecular complexity index is 539. The van der Waals surface area contributed by atoms with Crippen LogP contribution in [0.4, 0.5) is 5.13 Å². The first-order valence-corrected chi connectivity index (χ1v) is 5.75. The first kappa shape index (κ1) is 11.5. The number of pyridine rings is 1. The predicted molar refractivity (Wildman–Crippen MR) is 64.5 cm³/mol. The molecule has 0 aliphatic rings. The number of nitrogen functional groups attached to an aromatic ring is 1. The fraction of sp³-hybridized carbons (Fsp3) is 0.200. The van der Waals surface area contributed by atoms with Crippen molar-refractivity contribution in [3.63, 3.8) is 0 Å². The van der Waals surface area contributed by atoms with E-state index < -0.39 is 0 Å². The molecule has 2 heterocycles. The van der Waals surface area contributed by atoms with Crippen LogP contribution in [0.5, 0.6) is 0 Å². The van der Waals surface area contributed by atoms with Crippen molar-refractivity contribution in [3.8, 4) is 0 Å². The van der Waals surface area contributed by atoms with Gasteiger partial charge < -0.3 is 11.1 Å². The quantitative estimate of drug-likeness (QED) is 0.837. The molecule has 7 heteroatoms. The molecule has 2 aromatic rings. The van der Waals surface area contributed by atoms with Crippen LogP contribution in [-0.4, -0.2) is 21.1 Å². The minimum Gasteiger partial charge on any atom is -0.374 e. The smallest absolute Gasteiger partial charge is 0.282 e. The second kappa shape index (κ2) is 4.88. The van der Waals surface area contributed by atoms with Crippen molar-refractivity contribution < 1.29 is 4.79 Å². The average molecular weight is 249 g/mol. The van der Waals surface area contributed by atoms with Gasteiger partial charge in [0.05, 0.1) is 0 Å². The zero-order chi connectivity index (χ0) is 12.3. The molecule has 2 aromatic heterocycles. The summed E-state index contributed by atoms with van der Waals surface area (Å²) in [5.41, 5.74) is 7.45. The number of carbonyl (C=O) groups is 1. The van der Waals surface area contributed by atoms with E-state index in [9.17, 15) is 4.79 Å². The van der Waals surface area contributed by atoms with Gasteiger partial charge in [-0.15, -0.1) is 10.2 Å². The van der Waals surface area contributed by atoms with Crippen LogP contribution in [0.25, 0.3) is 0 Å². The number of anilines is 1. The summed E-state index contributed by atoms with van der Waals surface area (Å²) in [6, 6.07) is 1.89. The Morgan fingerprint density at radius 1 is 1.53 bits per heavy atom. The molecule has 0 saturated carbocycles. The highest BCUT2D eigenvalue weighted by Crippen LogP contribution is 2.11. The van der Waals surface area contributed by atoms with Gasteiger partial charge in [-0.2, -0.15) is 0 Å². The summed E-state index contributed by atoms with van der Waals surface area (Å²) in [6.45, 7) is 2.38. The van der Waals surface area contributed by atoms with Crippen molar-refractivity contribution in [3.05, 3.63) is 34.6 Å². The SMILES string of the molecule is Cc1ccncc1CNC(=O)c1nnc(N)s1. The molecule has 0 fully saturated rings. The van der Waals surface area contributed by atoms with Gasteiger partial charge in [-0.25, -0.2) is 0 Å². The van der Waals surface area contributed by atoms with E-state index >= 15 is 0 Å². The summed E-state index contributed by atoms with van der Waals surface area (Å²) in [4.78, 5) is 15.7. The fourth-order valence-electron chi connectivity index (χ4n) is 1.26. The van der Waals surface area contributed by atoms with Crippen LogP contribution in [0.3, 0.4) is 0 Å². The molecule has 88 valence electrons. The lowest BCUT2D eigenvalue weighted by molar-refractivity contribution is 0.0950. The molecule has 0 radical (unpaired) electrons. The van der Waals surface area contributed by atoms with E-state index in [0.717, 1.165) is 22.5 Å². The number of hydrogen-bond acceptors (Lipinski definition) is 6. The van der Waals surface area contributed by atoms with Crippen LogP contribution in [0.1, 0.15) is 20.9 Å². The summed E-state index contributed by atoms with van der Waals surface area (Å²) >= 11 is 1.06. The molecule has 0 aliphatic carbocycles. The molecule has 0 atom stereocenters. The molecule has 2 rings (SSSR count). The number of aryl methyl sites for hydroxylation is 1. The largest absolute Gasteiger partial charge is 0.374 e. The second-order valence-corrected chi connectivity index (χ2v) is 4.44. The number of hydrogen-bond donors (Lipinski definition) is 2. The minimum absolute atomic E-state index is 0.268. The average Bonchev–Trinajstić information content (AvgIpc) is 2.74. The summed E-state index contributed by atoms with van der Waals surface area (Å²) in [6.07, 6.45) is 3.44. The molecule has 0 saturated heterocycles. The Hall–Kier alpha value is -2.02. The lowest BCUT2D eigenvalue weighted by Gasteiger charge is -2.05. The van der Waals surface area contributed by atoms with Gasteiger partial charge in [-0.1, -0.05) is 11.3 Å². The third kappa shape index (κ3) is 2.76. The molecular formula is C10H11N5OS. The predicted octanol–water partition coefficient (Wildman–Crippen LogP) is 0.754. The number of aromatic nitrogens is 3. The van der Waals surface area contributed by atoms with E-state index in [0.29, 0.717) is 6.54 Å². The van der Waals surface area contributed by atoms with Gasteiger partial charge in [0.2, 0.25) is 10.1 Å². The Morgan fingerprint density at radius 3 is 3.00 bits per heavy atom. The molecule has 6 nitrogen and oxygen atoms in total. The van der Waals surface area contributed by atoms with Gasteiger partial charge in [-0.3, -0.25) is 9.78 Å². The Labute approximate surface area is 102 Å². The normalized spacial score (nSPS) is 10.2. The van der Waals surface area contributed by atoms with Gasteiger partial charge in [0.15, 0.2) is 0 Å². The maximum Gasteiger partial charge on any atom is 0.282 e. The number of amides is 1. The highest BCUT2D eigenvalue weighted by Gasteiger charge is 2.11. The van der Waals surface area contributed by atoms with Gasteiger partial charge >= 0.3 is 0 Å². The lowest BCUT2D eigenvalue weighted by atomic mass is 10.1. The Balaban J connectivity index is 1.99. The lowest BCUT2D eigenvalue weighted by Crippen LogP contribution is -2.23. The van der Waals surface area contributed by atoms with Crippen LogP contribution in [0.2, 0.25) is 0 Å². The summed E-state index contributed by atoms with van der Waals surface area (Å²) in [7, 11) is 0. The molecule has 0 aromatic carbocycles. The summed E-state index contributed by atoms with van der Waals surface area (Å²) < 4.78 is 0. The number of carbonyl (C=O) groups excluding carboxylic acids is 1. The van der Waals surface area contributed by atoms with E-state index in [4.69, 9.17) is 5.73 Å². The number of rotatable bonds is 3. The number of nitrogens with one attached hydrogen (secondary N) is 1. The molecule has 1 amide bonds. The highest BCUT2D eigenvalue weighted by molar-refractivity contribution is 7.16. The van der Waals surface area contributed by atoms with Crippen molar-refractivity contribution >= 4 is 22.4 Å². The molecular weight excluding hydrogens is 238 g/mol. The van der Waals surface area contributed by atoms with Crippen LogP contribution in [0.15, 0.2) is 18.5 Å². The third-order valence-corrected chi connectivity index (χ3v) is 2.97. The molecule has 3 N–H and O–H groups in total. The van der Waals surface area contributed by atoms with E-state index in [1.165, 1.54) is 0 Å². The van der Waals surface area contributed by atoms with Gasteiger partial charge in [0.1, 0.15) is 0 Å². The van der Waals surface area contributed by atoms with E-state index in [-0.39, 0.29) is 16.0 Å². The second-order valence-electron chi connectivity index (χ2n) is 3.43. The molecule has 17 heavy (non-hydrogen) atoms. The Morgan fingerprint density at radius 2 is 2.35 bits per heavy atom. The van der Waals surface area contributed by atoms with E-state index in [2.05, 4.69) is 20.5 Å². The first-order chi connectivity index (χ1) is 8.16. The van der Waals surface area contributed by atoms with Crippen LogP contribution in [-0.2, 0) is 6.54 Å². The van der Waals surface area contributed by atoms with Gasteiger partial charge in [0, 0.05) is 18.9 Å². The maximum atomic E-state index is 11.7. The molecule has 0 bridgehead atoms. The zero-order valence-corrected chi connectivity index (χ0v) is 9.99. The van der Waals surface area contributed by atoms with Crippen LogP contribution < -0.4 is 11.1 Å². The topological polar surface area (TPSA) is 93.8 Å². The molecule has 0 aliphatic heterocycles. The molecule has 0 spiro atoms. The molecule has 0 unspecified atom stereocenters. The van der Waals surface area contributed by atoms with Crippen LogP contribution >= 0.6 is 11.3 Å². The Kier molecular flexibility index (Phi) is 3.29. The van der Waals surface area contributed by atoms with Crippen molar-refractivity contribution in [1.29, 1.82) is 0 Å². The first-order valence-electron chi connectivity index (χ1n) is 4.93. The summed E-state index contributed by atoms with van der Waals surface area (Å²) in [5.74, 6) is -0.276. The van der Waals surface area contributed by atoms with Crippen LogP contribution in [0, 0.1) is 6.92 Å². The maximum absolute atomic E-state index is 11.7. The third-order valence-electron chi connectivity index (χ3n) is 2.22.